The first kappa shape index (κ1) is 18.0. The highest BCUT2D eigenvalue weighted by molar-refractivity contribution is 9.10. The molecule has 1 aromatic carbocycles. The zero-order chi connectivity index (χ0) is 17.0. The van der Waals surface area contributed by atoms with E-state index in [1.54, 1.807) is 12.1 Å². The van der Waals surface area contributed by atoms with Crippen LogP contribution >= 0.6 is 39.3 Å². The average Bonchev–Trinajstić information content (AvgIpc) is 2.93. The molecule has 0 spiro atoms. The van der Waals surface area contributed by atoms with E-state index in [-0.39, 0.29) is 5.70 Å². The van der Waals surface area contributed by atoms with E-state index in [0.717, 1.165) is 15.7 Å². The number of methoxy groups -OCH3 is 2. The maximum atomic E-state index is 12.0. The molecule has 5 nitrogen and oxygen atoms in total. The smallest absolute Gasteiger partial charge is 0.359 e. The van der Waals surface area contributed by atoms with Crippen molar-refractivity contribution >= 4 is 51.0 Å². The number of carbonyl (C=O) groups excluding carboxylic acids is 1. The van der Waals surface area contributed by atoms with Gasteiger partial charge in [-0.3, -0.25) is 10.0 Å². The first-order chi connectivity index (χ1) is 11.0. The number of thioether (sulfide) groups is 1. The van der Waals surface area contributed by atoms with Gasteiger partial charge in [0, 0.05) is 17.1 Å². The Labute approximate surface area is 153 Å². The van der Waals surface area contributed by atoms with Gasteiger partial charge in [-0.1, -0.05) is 51.4 Å². The second-order valence-corrected chi connectivity index (χ2v) is 7.03. The van der Waals surface area contributed by atoms with Crippen LogP contribution in [0.4, 0.5) is 0 Å². The van der Waals surface area contributed by atoms with Gasteiger partial charge in [0.1, 0.15) is 10.6 Å². The van der Waals surface area contributed by atoms with E-state index in [0.29, 0.717) is 10.2 Å². The third kappa shape index (κ3) is 3.97. The van der Waals surface area contributed by atoms with Crippen molar-refractivity contribution in [2.24, 2.45) is 0 Å². The quantitative estimate of drug-likeness (QED) is 0.410. The minimum absolute atomic E-state index is 0.275. The van der Waals surface area contributed by atoms with E-state index in [1.807, 2.05) is 29.3 Å². The molecule has 1 aromatic rings. The number of hydrogen-bond acceptors (Lipinski definition) is 6. The number of hydrogen-bond donors (Lipinski definition) is 0. The van der Waals surface area contributed by atoms with Crippen molar-refractivity contribution in [2.75, 3.05) is 27.1 Å². The first-order valence-electron chi connectivity index (χ1n) is 6.60. The Kier molecular flexibility index (Phi) is 6.26. The van der Waals surface area contributed by atoms with E-state index in [2.05, 4.69) is 15.9 Å². The van der Waals surface area contributed by atoms with Crippen LogP contribution in [0, 0.1) is 0 Å². The molecule has 0 aromatic heterocycles. The number of likely N-dealkylation sites (N-methyl/N-ethyl adjacent to an activating group) is 1. The second-order valence-electron chi connectivity index (χ2n) is 4.56. The number of nitrogens with zero attached hydrogens (tertiary/aromatic N) is 2. The fraction of sp³-hybridized carbons (Fsp3) is 0.267. The SMILES string of the molecule is CO/C=C(\C(=O)OC)N(C)N1CSC(Cl)=C1c1ccc(Br)cc1. The van der Waals surface area contributed by atoms with Gasteiger partial charge in [-0.25, -0.2) is 4.79 Å². The van der Waals surface area contributed by atoms with Gasteiger partial charge in [-0.05, 0) is 12.1 Å². The monoisotopic (exact) mass is 418 g/mol. The summed E-state index contributed by atoms with van der Waals surface area (Å²) in [5.74, 6) is 0.0937. The van der Waals surface area contributed by atoms with Crippen LogP contribution < -0.4 is 0 Å². The first-order valence-corrected chi connectivity index (χ1v) is 8.76. The maximum Gasteiger partial charge on any atom is 0.359 e. The molecule has 1 aliphatic heterocycles. The standard InChI is InChI=1S/C15H16BrClN2O3S/c1-18(12(8-21-2)15(20)22-3)19-9-23-14(17)13(19)10-4-6-11(16)7-5-10/h4-8H,9H2,1-3H3/b12-8+. The lowest BCUT2D eigenvalue weighted by Crippen LogP contribution is -2.38. The van der Waals surface area contributed by atoms with Crippen LogP contribution in [0.1, 0.15) is 5.56 Å². The van der Waals surface area contributed by atoms with Crippen molar-refractivity contribution in [3.63, 3.8) is 0 Å². The topological polar surface area (TPSA) is 42.0 Å². The summed E-state index contributed by atoms with van der Waals surface area (Å²) in [6, 6.07) is 7.82. The molecule has 124 valence electrons. The summed E-state index contributed by atoms with van der Waals surface area (Å²) >= 11 is 11.3. The summed E-state index contributed by atoms with van der Waals surface area (Å²) in [6.07, 6.45) is 1.35. The fourth-order valence-electron chi connectivity index (χ4n) is 2.06. The molecule has 0 bridgehead atoms. The Hall–Kier alpha value is -1.31. The van der Waals surface area contributed by atoms with Crippen LogP contribution in [0.25, 0.3) is 5.70 Å². The van der Waals surface area contributed by atoms with Crippen molar-refractivity contribution < 1.29 is 14.3 Å². The average molecular weight is 420 g/mol. The molecule has 1 heterocycles. The number of benzene rings is 1. The van der Waals surface area contributed by atoms with Gasteiger partial charge in [0.15, 0.2) is 5.70 Å². The molecule has 2 rings (SSSR count). The van der Waals surface area contributed by atoms with Gasteiger partial charge in [-0.15, -0.1) is 0 Å². The zero-order valence-electron chi connectivity index (χ0n) is 12.9. The number of ether oxygens (including phenoxy) is 2. The summed E-state index contributed by atoms with van der Waals surface area (Å²) in [5, 5.41) is 3.58. The molecule has 23 heavy (non-hydrogen) atoms. The van der Waals surface area contributed by atoms with Crippen molar-refractivity contribution in [2.45, 2.75) is 0 Å². The van der Waals surface area contributed by atoms with Gasteiger partial charge >= 0.3 is 5.97 Å². The summed E-state index contributed by atoms with van der Waals surface area (Å²) in [5.41, 5.74) is 2.06. The largest absolute Gasteiger partial charge is 0.502 e. The zero-order valence-corrected chi connectivity index (χ0v) is 16.0. The number of hydrazine groups is 1. The highest BCUT2D eigenvalue weighted by Crippen LogP contribution is 2.41. The summed E-state index contributed by atoms with van der Waals surface area (Å²) < 4.78 is 11.5. The van der Waals surface area contributed by atoms with Crippen LogP contribution in [-0.2, 0) is 14.3 Å². The minimum atomic E-state index is -0.488. The molecule has 0 saturated heterocycles. The van der Waals surface area contributed by atoms with Crippen LogP contribution in [0.15, 0.2) is 45.1 Å². The van der Waals surface area contributed by atoms with E-state index in [4.69, 9.17) is 21.1 Å². The van der Waals surface area contributed by atoms with E-state index in [9.17, 15) is 4.79 Å². The lowest BCUT2D eigenvalue weighted by Gasteiger charge is -2.33. The molecule has 0 aliphatic carbocycles. The molecular formula is C15H16BrClN2O3S. The summed E-state index contributed by atoms with van der Waals surface area (Å²) in [4.78, 5) is 12.0. The van der Waals surface area contributed by atoms with E-state index >= 15 is 0 Å². The lowest BCUT2D eigenvalue weighted by atomic mass is 10.2. The van der Waals surface area contributed by atoms with Crippen molar-refractivity contribution in [1.82, 2.24) is 10.0 Å². The molecule has 0 N–H and O–H groups in total. The Morgan fingerprint density at radius 1 is 1.39 bits per heavy atom. The molecule has 0 fully saturated rings. The number of halogens is 2. The predicted molar refractivity (Wildman–Crippen MR) is 96.1 cm³/mol. The molecule has 0 saturated carbocycles. The van der Waals surface area contributed by atoms with Gasteiger partial charge in [-0.2, -0.15) is 0 Å². The van der Waals surface area contributed by atoms with Crippen molar-refractivity contribution in [3.8, 4) is 0 Å². The predicted octanol–water partition coefficient (Wildman–Crippen LogP) is 3.83. The van der Waals surface area contributed by atoms with E-state index in [1.165, 1.54) is 32.2 Å². The van der Waals surface area contributed by atoms with Crippen LogP contribution in [0.5, 0.6) is 0 Å². The molecular weight excluding hydrogens is 404 g/mol. The fourth-order valence-corrected chi connectivity index (χ4v) is 3.58. The Balaban J connectivity index is 2.36. The molecule has 0 amide bonds. The molecule has 0 atom stereocenters. The van der Waals surface area contributed by atoms with Gasteiger partial charge in [0.05, 0.1) is 25.8 Å². The molecule has 8 heteroatoms. The van der Waals surface area contributed by atoms with E-state index < -0.39 is 5.97 Å². The normalized spacial score (nSPS) is 15.0. The third-order valence-corrected chi connectivity index (χ3v) is 5.07. The van der Waals surface area contributed by atoms with Crippen LogP contribution in [0.3, 0.4) is 0 Å². The summed E-state index contributed by atoms with van der Waals surface area (Å²) in [7, 11) is 4.57. The van der Waals surface area contributed by atoms with Crippen molar-refractivity contribution in [3.05, 3.63) is 50.6 Å². The minimum Gasteiger partial charge on any atom is -0.502 e. The summed E-state index contributed by atoms with van der Waals surface area (Å²) in [6.45, 7) is 0. The lowest BCUT2D eigenvalue weighted by molar-refractivity contribution is -0.139. The van der Waals surface area contributed by atoms with Gasteiger partial charge < -0.3 is 9.47 Å². The second kappa shape index (κ2) is 7.99. The highest BCUT2D eigenvalue weighted by atomic mass is 79.9. The number of carbonyl (C=O) groups is 1. The van der Waals surface area contributed by atoms with Crippen molar-refractivity contribution in [1.29, 1.82) is 0 Å². The van der Waals surface area contributed by atoms with Gasteiger partial charge in [0.2, 0.25) is 0 Å². The number of esters is 1. The molecule has 0 radical (unpaired) electrons. The Bertz CT molecular complexity index is 649. The van der Waals surface area contributed by atoms with Gasteiger partial charge in [0.25, 0.3) is 0 Å². The van der Waals surface area contributed by atoms with Crippen LogP contribution in [-0.4, -0.2) is 43.1 Å². The maximum absolute atomic E-state index is 12.0. The Morgan fingerprint density at radius 3 is 2.61 bits per heavy atom. The molecule has 0 unspecified atom stereocenters. The van der Waals surface area contributed by atoms with Crippen LogP contribution in [0.2, 0.25) is 0 Å². The number of rotatable bonds is 5. The highest BCUT2D eigenvalue weighted by Gasteiger charge is 2.30. The third-order valence-electron chi connectivity index (χ3n) is 3.21. The Morgan fingerprint density at radius 2 is 2.04 bits per heavy atom. The molecule has 1 aliphatic rings.